The van der Waals surface area contributed by atoms with Gasteiger partial charge in [-0.25, -0.2) is 4.79 Å². The average Bonchev–Trinajstić information content (AvgIpc) is 2.46. The van der Waals surface area contributed by atoms with Crippen molar-refractivity contribution in [3.05, 3.63) is 12.2 Å². The Bertz CT molecular complexity index is 337. The highest BCUT2D eigenvalue weighted by atomic mass is 16.5. The summed E-state index contributed by atoms with van der Waals surface area (Å²) in [6.45, 7) is 7.83. The highest BCUT2D eigenvalue weighted by Crippen LogP contribution is 2.05. The summed E-state index contributed by atoms with van der Waals surface area (Å²) in [5.41, 5.74) is 0. The molecule has 22 heavy (non-hydrogen) atoms. The Balaban J connectivity index is 4.41. The summed E-state index contributed by atoms with van der Waals surface area (Å²) >= 11 is 0. The highest BCUT2D eigenvalue weighted by Gasteiger charge is 2.20. The number of esters is 1. The molecular formula is C18H33NO3. The second-order valence-electron chi connectivity index (χ2n) is 5.91. The lowest BCUT2D eigenvalue weighted by molar-refractivity contribution is -0.150. The number of carbonyl (C=O) groups excluding carboxylic acids is 2. The van der Waals surface area contributed by atoms with Gasteiger partial charge in [0.05, 0.1) is 6.10 Å². The Morgan fingerprint density at radius 2 is 1.73 bits per heavy atom. The SMILES string of the molecule is CCCCCC/C=C/C(NC(=O)CCCC)C(=O)OC(C)C. The second-order valence-corrected chi connectivity index (χ2v) is 5.91. The summed E-state index contributed by atoms with van der Waals surface area (Å²) < 4.78 is 5.21. The fourth-order valence-corrected chi connectivity index (χ4v) is 2.00. The lowest BCUT2D eigenvalue weighted by atomic mass is 10.1. The van der Waals surface area contributed by atoms with E-state index >= 15 is 0 Å². The van der Waals surface area contributed by atoms with Gasteiger partial charge in [0, 0.05) is 6.42 Å². The number of unbranched alkanes of at least 4 members (excludes halogenated alkanes) is 5. The summed E-state index contributed by atoms with van der Waals surface area (Å²) in [5, 5.41) is 2.76. The van der Waals surface area contributed by atoms with E-state index in [1.54, 1.807) is 6.08 Å². The second kappa shape index (κ2) is 13.4. The lowest BCUT2D eigenvalue weighted by Crippen LogP contribution is -2.41. The molecule has 1 amide bonds. The largest absolute Gasteiger partial charge is 0.461 e. The predicted octanol–water partition coefficient (Wildman–Crippen LogP) is 4.14. The van der Waals surface area contributed by atoms with E-state index in [0.29, 0.717) is 6.42 Å². The molecule has 0 heterocycles. The number of amides is 1. The Kier molecular flexibility index (Phi) is 12.5. The van der Waals surface area contributed by atoms with Gasteiger partial charge in [0.15, 0.2) is 0 Å². The Morgan fingerprint density at radius 3 is 2.32 bits per heavy atom. The molecule has 0 radical (unpaired) electrons. The number of carbonyl (C=O) groups is 2. The molecule has 0 spiro atoms. The maximum absolute atomic E-state index is 12.0. The minimum absolute atomic E-state index is 0.0943. The van der Waals surface area contributed by atoms with Gasteiger partial charge in [-0.3, -0.25) is 4.79 Å². The molecule has 0 aliphatic rings. The van der Waals surface area contributed by atoms with Crippen molar-refractivity contribution in [2.24, 2.45) is 0 Å². The monoisotopic (exact) mass is 311 g/mol. The number of rotatable bonds is 12. The van der Waals surface area contributed by atoms with Gasteiger partial charge in [-0.05, 0) is 33.1 Å². The van der Waals surface area contributed by atoms with Crippen LogP contribution in [0, 0.1) is 0 Å². The molecule has 0 aromatic heterocycles. The third kappa shape index (κ3) is 11.4. The van der Waals surface area contributed by atoms with Crippen LogP contribution in [0.1, 0.15) is 79.1 Å². The van der Waals surface area contributed by atoms with Gasteiger partial charge >= 0.3 is 5.97 Å². The summed E-state index contributed by atoms with van der Waals surface area (Å²) in [6.07, 6.45) is 11.5. The van der Waals surface area contributed by atoms with E-state index < -0.39 is 6.04 Å². The van der Waals surface area contributed by atoms with Crippen LogP contribution < -0.4 is 5.32 Å². The molecule has 0 aliphatic heterocycles. The molecule has 0 fully saturated rings. The summed E-state index contributed by atoms with van der Waals surface area (Å²) in [5.74, 6) is -0.479. The summed E-state index contributed by atoms with van der Waals surface area (Å²) in [4.78, 5) is 23.9. The lowest BCUT2D eigenvalue weighted by Gasteiger charge is -2.16. The average molecular weight is 311 g/mol. The highest BCUT2D eigenvalue weighted by molar-refractivity contribution is 5.86. The van der Waals surface area contributed by atoms with Crippen molar-refractivity contribution < 1.29 is 14.3 Å². The van der Waals surface area contributed by atoms with Gasteiger partial charge in [-0.15, -0.1) is 0 Å². The number of nitrogens with one attached hydrogen (secondary N) is 1. The van der Waals surface area contributed by atoms with Crippen LogP contribution in [-0.2, 0) is 14.3 Å². The zero-order valence-electron chi connectivity index (χ0n) is 14.7. The Hall–Kier alpha value is -1.32. The fourth-order valence-electron chi connectivity index (χ4n) is 2.00. The molecule has 128 valence electrons. The van der Waals surface area contributed by atoms with Gasteiger partial charge in [0.1, 0.15) is 6.04 Å². The van der Waals surface area contributed by atoms with Crippen molar-refractivity contribution >= 4 is 11.9 Å². The minimum atomic E-state index is -0.669. The molecule has 0 aromatic carbocycles. The maximum atomic E-state index is 12.0. The number of ether oxygens (including phenoxy) is 1. The first-order valence-electron chi connectivity index (χ1n) is 8.67. The maximum Gasteiger partial charge on any atom is 0.332 e. The van der Waals surface area contributed by atoms with Crippen molar-refractivity contribution in [1.29, 1.82) is 0 Å². The van der Waals surface area contributed by atoms with Crippen LogP contribution in [-0.4, -0.2) is 24.0 Å². The first kappa shape index (κ1) is 20.7. The molecule has 4 heteroatoms. The smallest absolute Gasteiger partial charge is 0.332 e. The van der Waals surface area contributed by atoms with Crippen molar-refractivity contribution in [2.75, 3.05) is 0 Å². The predicted molar refractivity (Wildman–Crippen MR) is 90.6 cm³/mol. The Morgan fingerprint density at radius 1 is 1.05 bits per heavy atom. The number of hydrogen-bond acceptors (Lipinski definition) is 3. The molecule has 0 aliphatic carbocycles. The zero-order chi connectivity index (χ0) is 16.8. The van der Waals surface area contributed by atoms with E-state index in [0.717, 1.165) is 25.7 Å². The molecule has 1 N–H and O–H groups in total. The quantitative estimate of drug-likeness (QED) is 0.335. The van der Waals surface area contributed by atoms with Gasteiger partial charge in [0.2, 0.25) is 5.91 Å². The summed E-state index contributed by atoms with van der Waals surface area (Å²) in [6, 6.07) is -0.669. The van der Waals surface area contributed by atoms with E-state index in [1.165, 1.54) is 19.3 Å². The van der Waals surface area contributed by atoms with Crippen LogP contribution in [0.2, 0.25) is 0 Å². The molecule has 0 bridgehead atoms. The van der Waals surface area contributed by atoms with Crippen molar-refractivity contribution in [3.8, 4) is 0 Å². The molecular weight excluding hydrogens is 278 g/mol. The molecule has 1 unspecified atom stereocenters. The molecule has 0 saturated carbocycles. The van der Waals surface area contributed by atoms with Crippen LogP contribution in [0.5, 0.6) is 0 Å². The van der Waals surface area contributed by atoms with Gasteiger partial charge in [0.25, 0.3) is 0 Å². The first-order valence-corrected chi connectivity index (χ1v) is 8.67. The van der Waals surface area contributed by atoms with Crippen LogP contribution in [0.15, 0.2) is 12.2 Å². The van der Waals surface area contributed by atoms with Crippen LogP contribution in [0.4, 0.5) is 0 Å². The Labute approximate surface area is 135 Å². The zero-order valence-corrected chi connectivity index (χ0v) is 14.7. The van der Waals surface area contributed by atoms with E-state index in [2.05, 4.69) is 12.2 Å². The normalized spacial score (nSPS) is 12.6. The van der Waals surface area contributed by atoms with Crippen molar-refractivity contribution in [2.45, 2.75) is 91.2 Å². The third-order valence-electron chi connectivity index (χ3n) is 3.23. The topological polar surface area (TPSA) is 55.4 Å². The third-order valence-corrected chi connectivity index (χ3v) is 3.23. The van der Waals surface area contributed by atoms with E-state index in [9.17, 15) is 9.59 Å². The van der Waals surface area contributed by atoms with E-state index in [1.807, 2.05) is 26.8 Å². The molecule has 0 rings (SSSR count). The van der Waals surface area contributed by atoms with Gasteiger partial charge < -0.3 is 10.1 Å². The van der Waals surface area contributed by atoms with Crippen molar-refractivity contribution in [1.82, 2.24) is 5.32 Å². The van der Waals surface area contributed by atoms with Crippen LogP contribution in [0.3, 0.4) is 0 Å². The van der Waals surface area contributed by atoms with Crippen LogP contribution in [0.25, 0.3) is 0 Å². The summed E-state index contributed by atoms with van der Waals surface area (Å²) in [7, 11) is 0. The minimum Gasteiger partial charge on any atom is -0.461 e. The molecule has 1 atom stereocenters. The first-order chi connectivity index (χ1) is 10.5. The van der Waals surface area contributed by atoms with Crippen molar-refractivity contribution in [3.63, 3.8) is 0 Å². The van der Waals surface area contributed by atoms with Gasteiger partial charge in [-0.2, -0.15) is 0 Å². The van der Waals surface area contributed by atoms with Gasteiger partial charge in [-0.1, -0.05) is 51.7 Å². The molecule has 0 aromatic rings. The fraction of sp³-hybridized carbons (Fsp3) is 0.778. The van der Waals surface area contributed by atoms with Crippen LogP contribution >= 0.6 is 0 Å². The standard InChI is InChI=1S/C18H33NO3/c1-5-7-9-10-11-12-13-16(18(21)22-15(3)4)19-17(20)14-8-6-2/h12-13,15-16H,5-11,14H2,1-4H3,(H,19,20)/b13-12+. The molecule has 0 saturated heterocycles. The van der Waals surface area contributed by atoms with E-state index in [4.69, 9.17) is 4.74 Å². The number of hydrogen-bond donors (Lipinski definition) is 1. The van der Waals surface area contributed by atoms with E-state index in [-0.39, 0.29) is 18.0 Å². The number of allylic oxidation sites excluding steroid dienone is 1. The molecule has 4 nitrogen and oxygen atoms in total.